The van der Waals surface area contributed by atoms with E-state index in [0.717, 1.165) is 13.1 Å². The molecule has 0 saturated carbocycles. The summed E-state index contributed by atoms with van der Waals surface area (Å²) in [6.45, 7) is 4.71. The molecule has 106 valence electrons. The number of hydrogen-bond donors (Lipinski definition) is 2. The maximum atomic E-state index is 10.6. The molecule has 1 saturated heterocycles. The number of carbonyl (C=O) groups excluding carboxylic acids is 1. The average molecular weight is 270 g/mol. The van der Waals surface area contributed by atoms with Gasteiger partial charge in [0, 0.05) is 20.0 Å². The Bertz CT molecular complexity index is 295. The molecule has 0 bridgehead atoms. The van der Waals surface area contributed by atoms with Crippen LogP contribution in [0.2, 0.25) is 0 Å². The largest absolute Gasteiger partial charge is 0.490 e. The third kappa shape index (κ3) is 7.88. The normalized spacial score (nSPS) is 19.9. The number of carboxylic acids is 1. The molecule has 0 aromatic heterocycles. The standard InChI is InChI=1S/C8H16N2O.C2HF3O2/c1-7(11)9-5-8-3-4-10(2)6-8;3-2(4,5)1(6)7/h8H,3-6H2,1-2H3,(H,9,11);(H,6,7)/t8-;/m0./s1. The number of amides is 1. The number of hydrogen-bond acceptors (Lipinski definition) is 3. The Kier molecular flexibility index (Phi) is 6.67. The van der Waals surface area contributed by atoms with E-state index in [0.29, 0.717) is 5.92 Å². The van der Waals surface area contributed by atoms with Gasteiger partial charge in [-0.05, 0) is 25.9 Å². The molecule has 2 N–H and O–H groups in total. The fourth-order valence-electron chi connectivity index (χ4n) is 1.48. The fraction of sp³-hybridized carbons (Fsp3) is 0.800. The van der Waals surface area contributed by atoms with Crippen molar-refractivity contribution in [3.63, 3.8) is 0 Å². The van der Waals surface area contributed by atoms with Gasteiger partial charge in [0.15, 0.2) is 0 Å². The molecule has 1 atom stereocenters. The number of alkyl halides is 3. The number of likely N-dealkylation sites (tertiary alicyclic amines) is 1. The van der Waals surface area contributed by atoms with Crippen LogP contribution in [0.1, 0.15) is 13.3 Å². The Hall–Kier alpha value is -1.31. The van der Waals surface area contributed by atoms with Gasteiger partial charge in [-0.3, -0.25) is 4.79 Å². The van der Waals surface area contributed by atoms with Crippen LogP contribution in [0.3, 0.4) is 0 Å². The maximum Gasteiger partial charge on any atom is 0.490 e. The fourth-order valence-corrected chi connectivity index (χ4v) is 1.48. The molecule has 5 nitrogen and oxygen atoms in total. The first-order chi connectivity index (χ1) is 8.12. The van der Waals surface area contributed by atoms with Gasteiger partial charge in [0.05, 0.1) is 0 Å². The third-order valence-electron chi connectivity index (χ3n) is 2.37. The smallest absolute Gasteiger partial charge is 0.475 e. The van der Waals surface area contributed by atoms with Crippen molar-refractivity contribution in [3.05, 3.63) is 0 Å². The van der Waals surface area contributed by atoms with E-state index in [4.69, 9.17) is 9.90 Å². The number of nitrogens with one attached hydrogen (secondary N) is 1. The van der Waals surface area contributed by atoms with Crippen LogP contribution < -0.4 is 5.32 Å². The highest BCUT2D eigenvalue weighted by molar-refractivity contribution is 5.73. The number of carboxylic acid groups (broad SMARTS) is 1. The average Bonchev–Trinajstić information content (AvgIpc) is 2.60. The van der Waals surface area contributed by atoms with Crippen LogP contribution >= 0.6 is 0 Å². The summed E-state index contributed by atoms with van der Waals surface area (Å²) in [5, 5.41) is 9.97. The lowest BCUT2D eigenvalue weighted by molar-refractivity contribution is -0.192. The van der Waals surface area contributed by atoms with E-state index in [1.165, 1.54) is 13.0 Å². The van der Waals surface area contributed by atoms with Crippen LogP contribution in [0.4, 0.5) is 13.2 Å². The van der Waals surface area contributed by atoms with Crippen LogP contribution in [0.15, 0.2) is 0 Å². The predicted molar refractivity (Wildman–Crippen MR) is 58.0 cm³/mol. The van der Waals surface area contributed by atoms with Gasteiger partial charge >= 0.3 is 12.1 Å². The third-order valence-corrected chi connectivity index (χ3v) is 2.37. The minimum atomic E-state index is -5.08. The molecule has 0 aliphatic carbocycles. The molecule has 1 fully saturated rings. The minimum absolute atomic E-state index is 0.0829. The number of carbonyl (C=O) groups is 2. The van der Waals surface area contributed by atoms with Crippen LogP contribution in [0.25, 0.3) is 0 Å². The Morgan fingerprint density at radius 3 is 2.22 bits per heavy atom. The molecule has 1 aliphatic heterocycles. The SMILES string of the molecule is CC(=O)NC[C@@H]1CCN(C)C1.O=C(O)C(F)(F)F. The monoisotopic (exact) mass is 270 g/mol. The molecule has 0 radical (unpaired) electrons. The van der Waals surface area contributed by atoms with Crippen molar-refractivity contribution in [1.82, 2.24) is 10.2 Å². The van der Waals surface area contributed by atoms with Crippen molar-refractivity contribution in [2.24, 2.45) is 5.92 Å². The van der Waals surface area contributed by atoms with Gasteiger partial charge in [-0.25, -0.2) is 4.79 Å². The van der Waals surface area contributed by atoms with E-state index < -0.39 is 12.1 Å². The van der Waals surface area contributed by atoms with E-state index in [1.54, 1.807) is 6.92 Å². The van der Waals surface area contributed by atoms with Gasteiger partial charge in [0.1, 0.15) is 0 Å². The van der Waals surface area contributed by atoms with E-state index in [9.17, 15) is 18.0 Å². The summed E-state index contributed by atoms with van der Waals surface area (Å²) in [5.74, 6) is -2.00. The topological polar surface area (TPSA) is 69.6 Å². The maximum absolute atomic E-state index is 10.6. The molecule has 1 aliphatic rings. The molecule has 0 aromatic carbocycles. The van der Waals surface area contributed by atoms with Gasteiger partial charge in [-0.15, -0.1) is 0 Å². The first-order valence-electron chi connectivity index (χ1n) is 5.36. The van der Waals surface area contributed by atoms with Crippen LogP contribution in [-0.4, -0.2) is 54.7 Å². The second kappa shape index (κ2) is 7.20. The zero-order valence-corrected chi connectivity index (χ0v) is 10.3. The zero-order chi connectivity index (χ0) is 14.3. The number of halogens is 3. The highest BCUT2D eigenvalue weighted by Crippen LogP contribution is 2.13. The molecular formula is C10H17F3N2O3. The van der Waals surface area contributed by atoms with E-state index in [-0.39, 0.29) is 5.91 Å². The first kappa shape index (κ1) is 16.7. The van der Waals surface area contributed by atoms with Crippen molar-refractivity contribution >= 4 is 11.9 Å². The molecule has 1 heterocycles. The molecule has 0 unspecified atom stereocenters. The zero-order valence-electron chi connectivity index (χ0n) is 10.3. The second-order valence-corrected chi connectivity index (χ2v) is 4.16. The van der Waals surface area contributed by atoms with Crippen LogP contribution in [-0.2, 0) is 9.59 Å². The molecule has 18 heavy (non-hydrogen) atoms. The first-order valence-corrected chi connectivity index (χ1v) is 5.36. The predicted octanol–water partition coefficient (Wildman–Crippen LogP) is 0.708. The van der Waals surface area contributed by atoms with Gasteiger partial charge in [0.2, 0.25) is 5.91 Å². The second-order valence-electron chi connectivity index (χ2n) is 4.16. The summed E-state index contributed by atoms with van der Waals surface area (Å²) in [5.41, 5.74) is 0. The lowest BCUT2D eigenvalue weighted by Crippen LogP contribution is -2.28. The van der Waals surface area contributed by atoms with Crippen molar-refractivity contribution in [2.45, 2.75) is 19.5 Å². The Balaban J connectivity index is 0.000000360. The lowest BCUT2D eigenvalue weighted by Gasteiger charge is -2.09. The Morgan fingerprint density at radius 1 is 1.44 bits per heavy atom. The molecule has 1 amide bonds. The van der Waals surface area contributed by atoms with Gasteiger partial charge in [0.25, 0.3) is 0 Å². The van der Waals surface area contributed by atoms with Crippen molar-refractivity contribution < 1.29 is 27.9 Å². The Labute approximate surface area is 103 Å². The quantitative estimate of drug-likeness (QED) is 0.775. The van der Waals surface area contributed by atoms with E-state index >= 15 is 0 Å². The molecule has 1 rings (SSSR count). The van der Waals surface area contributed by atoms with Crippen molar-refractivity contribution in [3.8, 4) is 0 Å². The molecule has 8 heteroatoms. The minimum Gasteiger partial charge on any atom is -0.475 e. The van der Waals surface area contributed by atoms with Gasteiger partial charge in [-0.1, -0.05) is 0 Å². The highest BCUT2D eigenvalue weighted by atomic mass is 19.4. The number of aliphatic carboxylic acids is 1. The Morgan fingerprint density at radius 2 is 1.94 bits per heavy atom. The van der Waals surface area contributed by atoms with Gasteiger partial charge < -0.3 is 15.3 Å². The number of nitrogens with zero attached hydrogens (tertiary/aromatic N) is 1. The summed E-state index contributed by atoms with van der Waals surface area (Å²) in [6.07, 6.45) is -3.86. The molecule has 0 aromatic rings. The number of rotatable bonds is 2. The van der Waals surface area contributed by atoms with Crippen LogP contribution in [0.5, 0.6) is 0 Å². The summed E-state index contributed by atoms with van der Waals surface area (Å²) in [4.78, 5) is 21.8. The van der Waals surface area contributed by atoms with Gasteiger partial charge in [-0.2, -0.15) is 13.2 Å². The van der Waals surface area contributed by atoms with Crippen molar-refractivity contribution in [2.75, 3.05) is 26.7 Å². The van der Waals surface area contributed by atoms with E-state index in [1.807, 2.05) is 0 Å². The van der Waals surface area contributed by atoms with E-state index in [2.05, 4.69) is 17.3 Å². The summed E-state index contributed by atoms with van der Waals surface area (Å²) in [6, 6.07) is 0. The summed E-state index contributed by atoms with van der Waals surface area (Å²) < 4.78 is 31.7. The van der Waals surface area contributed by atoms with Crippen molar-refractivity contribution in [1.29, 1.82) is 0 Å². The lowest BCUT2D eigenvalue weighted by atomic mass is 10.1. The summed E-state index contributed by atoms with van der Waals surface area (Å²) >= 11 is 0. The van der Waals surface area contributed by atoms with Crippen LogP contribution in [0, 0.1) is 5.92 Å². The molecular weight excluding hydrogens is 253 g/mol. The summed E-state index contributed by atoms with van der Waals surface area (Å²) in [7, 11) is 2.12. The molecule has 0 spiro atoms. The highest BCUT2D eigenvalue weighted by Gasteiger charge is 2.38.